The van der Waals surface area contributed by atoms with Gasteiger partial charge in [0, 0.05) is 12.6 Å². The van der Waals surface area contributed by atoms with E-state index in [2.05, 4.69) is 10.0 Å². The van der Waals surface area contributed by atoms with Gasteiger partial charge in [0.2, 0.25) is 5.09 Å². The molecule has 6 nitrogen and oxygen atoms in total. The zero-order valence-electron chi connectivity index (χ0n) is 12.2. The van der Waals surface area contributed by atoms with Crippen LogP contribution in [0.5, 0.6) is 0 Å². The van der Waals surface area contributed by atoms with E-state index in [9.17, 15) is 8.42 Å². The van der Waals surface area contributed by atoms with Crippen LogP contribution in [0, 0.1) is 0 Å². The second-order valence-electron chi connectivity index (χ2n) is 6.20. The number of sulfonamides is 1. The minimum Gasteiger partial charge on any atom is -0.447 e. The van der Waals surface area contributed by atoms with Crippen LogP contribution in [0.25, 0.3) is 0 Å². The molecule has 0 radical (unpaired) electrons. The van der Waals surface area contributed by atoms with E-state index in [-0.39, 0.29) is 5.09 Å². The standard InChI is InChI=1S/C14H22N2O4S/c1-14(7-2-8-19-10-14)16-21(17,18)13-6-5-12(20-13)9-15-11-3-4-11/h5-6,11,15-16H,2-4,7-10H2,1H3. The molecular weight excluding hydrogens is 292 g/mol. The predicted molar refractivity (Wildman–Crippen MR) is 77.3 cm³/mol. The number of ether oxygens (including phenoxy) is 1. The summed E-state index contributed by atoms with van der Waals surface area (Å²) < 4.78 is 38.3. The Labute approximate surface area is 125 Å². The van der Waals surface area contributed by atoms with Crippen molar-refractivity contribution in [2.75, 3.05) is 13.2 Å². The smallest absolute Gasteiger partial charge is 0.274 e. The Morgan fingerprint density at radius 1 is 1.38 bits per heavy atom. The SMILES string of the molecule is CC1(NS(=O)(=O)c2ccc(CNC3CC3)o2)CCCOC1. The van der Waals surface area contributed by atoms with Crippen molar-refractivity contribution in [3.8, 4) is 0 Å². The number of rotatable bonds is 6. The van der Waals surface area contributed by atoms with Crippen LogP contribution in [-0.2, 0) is 21.3 Å². The van der Waals surface area contributed by atoms with Crippen molar-refractivity contribution in [1.82, 2.24) is 10.0 Å². The van der Waals surface area contributed by atoms with Gasteiger partial charge >= 0.3 is 0 Å². The molecule has 21 heavy (non-hydrogen) atoms. The topological polar surface area (TPSA) is 80.6 Å². The molecule has 2 aliphatic rings. The van der Waals surface area contributed by atoms with Gasteiger partial charge in [-0.3, -0.25) is 0 Å². The van der Waals surface area contributed by atoms with Crippen LogP contribution in [0.3, 0.4) is 0 Å². The fourth-order valence-electron chi connectivity index (χ4n) is 2.52. The average molecular weight is 314 g/mol. The van der Waals surface area contributed by atoms with Gasteiger partial charge in [0.05, 0.1) is 18.7 Å². The minimum absolute atomic E-state index is 0.0260. The van der Waals surface area contributed by atoms with E-state index in [0.717, 1.165) is 12.8 Å². The highest BCUT2D eigenvalue weighted by molar-refractivity contribution is 7.89. The highest BCUT2D eigenvalue weighted by Gasteiger charge is 2.34. The molecule has 1 unspecified atom stereocenters. The quantitative estimate of drug-likeness (QED) is 0.829. The summed E-state index contributed by atoms with van der Waals surface area (Å²) in [6.45, 7) is 3.51. The van der Waals surface area contributed by atoms with Crippen LogP contribution in [0.2, 0.25) is 0 Å². The number of hydrogen-bond acceptors (Lipinski definition) is 5. The molecule has 1 saturated heterocycles. The van der Waals surface area contributed by atoms with Gasteiger partial charge in [-0.25, -0.2) is 13.1 Å². The third kappa shape index (κ3) is 3.85. The fourth-order valence-corrected chi connectivity index (χ4v) is 3.89. The molecule has 2 heterocycles. The molecule has 1 atom stereocenters. The lowest BCUT2D eigenvalue weighted by Gasteiger charge is -2.33. The van der Waals surface area contributed by atoms with Gasteiger partial charge in [-0.1, -0.05) is 0 Å². The highest BCUT2D eigenvalue weighted by atomic mass is 32.2. The van der Waals surface area contributed by atoms with Gasteiger partial charge in [0.15, 0.2) is 0 Å². The zero-order valence-corrected chi connectivity index (χ0v) is 13.0. The zero-order chi connectivity index (χ0) is 14.9. The van der Waals surface area contributed by atoms with E-state index in [1.54, 1.807) is 6.07 Å². The average Bonchev–Trinajstić information content (AvgIpc) is 3.12. The molecule has 3 rings (SSSR count). The lowest BCUT2D eigenvalue weighted by atomic mass is 9.97. The summed E-state index contributed by atoms with van der Waals surface area (Å²) in [7, 11) is -3.64. The van der Waals surface area contributed by atoms with Gasteiger partial charge in [0.25, 0.3) is 10.0 Å². The second kappa shape index (κ2) is 5.72. The number of hydrogen-bond donors (Lipinski definition) is 2. The molecule has 0 spiro atoms. The van der Waals surface area contributed by atoms with Gasteiger partial charge < -0.3 is 14.5 Å². The van der Waals surface area contributed by atoms with Crippen LogP contribution >= 0.6 is 0 Å². The molecule has 1 aromatic rings. The Hall–Kier alpha value is -0.890. The second-order valence-corrected chi connectivity index (χ2v) is 7.81. The fraction of sp³-hybridized carbons (Fsp3) is 0.714. The largest absolute Gasteiger partial charge is 0.447 e. The summed E-state index contributed by atoms with van der Waals surface area (Å²) >= 11 is 0. The molecule has 2 fully saturated rings. The summed E-state index contributed by atoms with van der Waals surface area (Å²) in [6.07, 6.45) is 3.99. The van der Waals surface area contributed by atoms with Crippen molar-refractivity contribution in [1.29, 1.82) is 0 Å². The molecule has 2 N–H and O–H groups in total. The Morgan fingerprint density at radius 2 is 2.19 bits per heavy atom. The van der Waals surface area contributed by atoms with E-state index in [1.165, 1.54) is 18.9 Å². The molecule has 118 valence electrons. The predicted octanol–water partition coefficient (Wildman–Crippen LogP) is 1.38. The molecule has 7 heteroatoms. The third-order valence-electron chi connectivity index (χ3n) is 3.86. The normalized spacial score (nSPS) is 26.9. The van der Waals surface area contributed by atoms with E-state index < -0.39 is 15.6 Å². The van der Waals surface area contributed by atoms with E-state index in [1.807, 2.05) is 6.92 Å². The van der Waals surface area contributed by atoms with Gasteiger partial charge in [-0.15, -0.1) is 0 Å². The highest BCUT2D eigenvalue weighted by Crippen LogP contribution is 2.23. The Kier molecular flexibility index (Phi) is 4.09. The first-order valence-corrected chi connectivity index (χ1v) is 8.89. The van der Waals surface area contributed by atoms with E-state index in [4.69, 9.17) is 9.15 Å². The van der Waals surface area contributed by atoms with Gasteiger partial charge in [-0.2, -0.15) is 0 Å². The maximum atomic E-state index is 12.4. The molecule has 0 amide bonds. The summed E-state index contributed by atoms with van der Waals surface area (Å²) in [5.74, 6) is 0.646. The first-order chi connectivity index (χ1) is 9.97. The molecule has 1 aliphatic carbocycles. The van der Waals surface area contributed by atoms with Crippen molar-refractivity contribution in [3.63, 3.8) is 0 Å². The molecule has 0 aromatic carbocycles. The Balaban J connectivity index is 1.65. The lowest BCUT2D eigenvalue weighted by Crippen LogP contribution is -2.51. The number of nitrogens with one attached hydrogen (secondary N) is 2. The van der Waals surface area contributed by atoms with Crippen molar-refractivity contribution < 1.29 is 17.6 Å². The van der Waals surface area contributed by atoms with Gasteiger partial charge in [-0.05, 0) is 44.7 Å². The number of furan rings is 1. The maximum absolute atomic E-state index is 12.4. The van der Waals surface area contributed by atoms with Crippen molar-refractivity contribution in [2.45, 2.75) is 55.8 Å². The molecule has 1 aliphatic heterocycles. The van der Waals surface area contributed by atoms with Gasteiger partial charge in [0.1, 0.15) is 5.76 Å². The first kappa shape index (κ1) is 15.0. The summed E-state index contributed by atoms with van der Waals surface area (Å²) in [4.78, 5) is 0. The van der Waals surface area contributed by atoms with Crippen LogP contribution in [0.1, 0.15) is 38.4 Å². The summed E-state index contributed by atoms with van der Waals surface area (Å²) in [5.41, 5.74) is -0.559. The minimum atomic E-state index is -3.64. The Morgan fingerprint density at radius 3 is 2.86 bits per heavy atom. The summed E-state index contributed by atoms with van der Waals surface area (Å²) in [6, 6.07) is 3.79. The third-order valence-corrected chi connectivity index (χ3v) is 5.37. The first-order valence-electron chi connectivity index (χ1n) is 7.41. The maximum Gasteiger partial charge on any atom is 0.274 e. The van der Waals surface area contributed by atoms with Crippen molar-refractivity contribution in [3.05, 3.63) is 17.9 Å². The molecule has 1 aromatic heterocycles. The van der Waals surface area contributed by atoms with E-state index in [0.29, 0.717) is 31.6 Å². The molecule has 1 saturated carbocycles. The Bertz CT molecular complexity index is 586. The van der Waals surface area contributed by atoms with Crippen LogP contribution in [0.4, 0.5) is 0 Å². The monoisotopic (exact) mass is 314 g/mol. The van der Waals surface area contributed by atoms with Crippen LogP contribution < -0.4 is 10.0 Å². The van der Waals surface area contributed by atoms with Crippen LogP contribution in [0.15, 0.2) is 21.6 Å². The van der Waals surface area contributed by atoms with Crippen LogP contribution in [-0.4, -0.2) is 33.2 Å². The lowest BCUT2D eigenvalue weighted by molar-refractivity contribution is 0.0385. The van der Waals surface area contributed by atoms with E-state index >= 15 is 0 Å². The van der Waals surface area contributed by atoms with Crippen molar-refractivity contribution >= 4 is 10.0 Å². The summed E-state index contributed by atoms with van der Waals surface area (Å²) in [5, 5.41) is 3.27. The molecule has 0 bridgehead atoms. The van der Waals surface area contributed by atoms with Crippen molar-refractivity contribution in [2.24, 2.45) is 0 Å². The molecular formula is C14H22N2O4S.